The maximum absolute atomic E-state index is 8.74. The van der Waals surface area contributed by atoms with Crippen LogP contribution in [-0.2, 0) is 30.5 Å². The molecule has 0 unspecified atom stereocenters. The molecule has 0 bridgehead atoms. The third-order valence-corrected chi connectivity index (χ3v) is 0. The van der Waals surface area contributed by atoms with Crippen LogP contribution in [-0.4, -0.2) is 17.5 Å². The van der Waals surface area contributed by atoms with Gasteiger partial charge in [0.05, 0.1) is 0 Å². The van der Waals surface area contributed by atoms with E-state index < -0.39 is 10.4 Å². The van der Waals surface area contributed by atoms with Gasteiger partial charge in [0.15, 0.2) is 0 Å². The van der Waals surface area contributed by atoms with Crippen LogP contribution < -0.4 is 4.29 Å². The Kier molecular flexibility index (Phi) is 7.00. The van der Waals surface area contributed by atoms with Crippen LogP contribution in [0.4, 0.5) is 0 Å². The summed E-state index contributed by atoms with van der Waals surface area (Å²) in [6.45, 7) is 0. The number of nitrogens with two attached hydrogens (primary N) is 1. The minimum absolute atomic E-state index is 1.45. The minimum atomic E-state index is -4.67. The fraction of sp³-hybridized carbons (Fsp3) is 0. The first kappa shape index (κ1) is 10.5. The zero-order valence-corrected chi connectivity index (χ0v) is 5.93. The van der Waals surface area contributed by atoms with E-state index in [4.69, 9.17) is 17.5 Å². The molecular weight excluding hydrogens is 206 g/mol. The van der Waals surface area contributed by atoms with Crippen LogP contribution in [0, 0.1) is 0 Å². The van der Waals surface area contributed by atoms with Gasteiger partial charge in [-0.3, -0.25) is 9.11 Å². The predicted octanol–water partition coefficient (Wildman–Crippen LogP) is -1.25. The van der Waals surface area contributed by atoms with Crippen molar-refractivity contribution < 1.29 is 37.6 Å². The summed E-state index contributed by atoms with van der Waals surface area (Å²) in [7, 11) is -4.67. The molecule has 0 radical (unpaired) electrons. The van der Waals surface area contributed by atoms with Gasteiger partial charge in [-0.05, 0) is 0 Å². The summed E-state index contributed by atoms with van der Waals surface area (Å²) < 4.78 is 36.1. The van der Waals surface area contributed by atoms with Crippen LogP contribution in [0.2, 0.25) is 0 Å². The molecule has 45 valence electrons. The van der Waals surface area contributed by atoms with Gasteiger partial charge in [0.2, 0.25) is 0 Å². The van der Waals surface area contributed by atoms with Crippen LogP contribution in [0.25, 0.3) is 0 Å². The van der Waals surface area contributed by atoms with Crippen LogP contribution in [0.3, 0.4) is 0 Å². The van der Waals surface area contributed by atoms with Crippen LogP contribution >= 0.6 is 0 Å². The zero-order valence-electron chi connectivity index (χ0n) is 3.10. The molecule has 0 rings (SSSR count). The molecule has 7 heteroatoms. The van der Waals surface area contributed by atoms with Crippen LogP contribution in [0.1, 0.15) is 0 Å². The molecule has 0 aromatic carbocycles. The first-order valence-corrected chi connectivity index (χ1v) is 3.49. The summed E-state index contributed by atoms with van der Waals surface area (Å²) >= 11 is 1.45. The number of rotatable bonds is 0. The number of hydrogen-bond acceptors (Lipinski definition) is 3. The Morgan fingerprint density at radius 3 is 1.29 bits per heavy atom. The van der Waals surface area contributed by atoms with Gasteiger partial charge in [-0.15, -0.1) is 0 Å². The van der Waals surface area contributed by atoms with E-state index in [1.165, 1.54) is 20.1 Å². The molecule has 0 heterocycles. The average molecular weight is 210 g/mol. The van der Waals surface area contributed by atoms with E-state index in [1.54, 1.807) is 0 Å². The summed E-state index contributed by atoms with van der Waals surface area (Å²) in [5.41, 5.74) is 0. The van der Waals surface area contributed by atoms with Crippen molar-refractivity contribution in [3.63, 3.8) is 0 Å². The fourth-order valence-electron chi connectivity index (χ4n) is 0. The second-order valence-electron chi connectivity index (χ2n) is 0.448. The molecule has 0 aliphatic heterocycles. The molecule has 0 aliphatic rings. The molecule has 0 spiro atoms. The molecule has 0 atom stereocenters. The third-order valence-electron chi connectivity index (χ3n) is 0. The van der Waals surface area contributed by atoms with Gasteiger partial charge in [0, 0.05) is 0 Å². The third kappa shape index (κ3) is 495. The second-order valence-corrected chi connectivity index (χ2v) is 1.34. The normalized spacial score (nSPS) is 9.00. The van der Waals surface area contributed by atoms with E-state index in [0.29, 0.717) is 0 Å². The van der Waals surface area contributed by atoms with Crippen molar-refractivity contribution >= 4 is 10.4 Å². The van der Waals surface area contributed by atoms with Gasteiger partial charge in [-0.1, -0.05) is 0 Å². The van der Waals surface area contributed by atoms with E-state index in [9.17, 15) is 0 Å². The van der Waals surface area contributed by atoms with Crippen LogP contribution in [0.15, 0.2) is 0 Å². The summed E-state index contributed by atoms with van der Waals surface area (Å²) in [4.78, 5) is 0. The number of hydrogen-bond donors (Lipinski definition) is 3. The first-order chi connectivity index (χ1) is 3.00. The molecule has 0 aliphatic carbocycles. The fourth-order valence-corrected chi connectivity index (χ4v) is 0. The molecule has 0 saturated heterocycles. The molecule has 7 heavy (non-hydrogen) atoms. The van der Waals surface area contributed by atoms with Gasteiger partial charge in [-0.2, -0.15) is 8.42 Å². The molecule has 5 nitrogen and oxygen atoms in total. The Morgan fingerprint density at radius 2 is 1.29 bits per heavy atom. The second kappa shape index (κ2) is 4.67. The molecule has 0 aromatic heterocycles. The monoisotopic (exact) mass is 212 g/mol. The molecule has 0 aromatic rings. The van der Waals surface area contributed by atoms with Crippen molar-refractivity contribution in [1.82, 2.24) is 0 Å². The molecule has 0 fully saturated rings. The summed E-state index contributed by atoms with van der Waals surface area (Å²) in [6, 6.07) is 0. The predicted molar refractivity (Wildman–Crippen MR) is 18.4 cm³/mol. The Bertz CT molecular complexity index is 94.9. The zero-order chi connectivity index (χ0) is 6.50. The molecule has 0 saturated carbocycles. The van der Waals surface area contributed by atoms with Gasteiger partial charge in [0.1, 0.15) is 0 Å². The standard InChI is InChI=1S/Mo.H2N.H2O4S/c;;1-5(2,3)4/h;1H2;(H2,1,2,3,4)/q+1;-1;. The van der Waals surface area contributed by atoms with Gasteiger partial charge >= 0.3 is 34.8 Å². The van der Waals surface area contributed by atoms with Crippen molar-refractivity contribution in [2.75, 3.05) is 0 Å². The van der Waals surface area contributed by atoms with Gasteiger partial charge in [-0.25, -0.2) is 0 Å². The Morgan fingerprint density at radius 1 is 1.29 bits per heavy atom. The molecular formula is H4MoNO4S. The molecule has 0 amide bonds. The van der Waals surface area contributed by atoms with Gasteiger partial charge < -0.3 is 0 Å². The van der Waals surface area contributed by atoms with Crippen molar-refractivity contribution in [1.29, 1.82) is 0 Å². The van der Waals surface area contributed by atoms with Gasteiger partial charge in [0.25, 0.3) is 0 Å². The first-order valence-electron chi connectivity index (χ1n) is 0.934. The quantitative estimate of drug-likeness (QED) is 0.342. The van der Waals surface area contributed by atoms with Crippen molar-refractivity contribution in [3.05, 3.63) is 0 Å². The topological polar surface area (TPSA) is 101 Å². The summed E-state index contributed by atoms with van der Waals surface area (Å²) in [5.74, 6) is 0. The van der Waals surface area contributed by atoms with E-state index >= 15 is 0 Å². The molecule has 4 N–H and O–H groups in total. The summed E-state index contributed by atoms with van der Waals surface area (Å²) in [5, 5.41) is 0. The Hall–Kier alpha value is 0.518. The maximum atomic E-state index is 8.74. The summed E-state index contributed by atoms with van der Waals surface area (Å²) in [6.07, 6.45) is 0. The van der Waals surface area contributed by atoms with E-state index in [2.05, 4.69) is 4.29 Å². The van der Waals surface area contributed by atoms with Crippen molar-refractivity contribution in [2.24, 2.45) is 4.29 Å². The van der Waals surface area contributed by atoms with E-state index in [-0.39, 0.29) is 0 Å². The van der Waals surface area contributed by atoms with E-state index in [1.807, 2.05) is 0 Å². The SMILES string of the molecule is O=S(=O)(O)O.[NH2][Mo]. The Balaban J connectivity index is 0. The van der Waals surface area contributed by atoms with E-state index in [0.717, 1.165) is 0 Å². The average Bonchev–Trinajstić information content (AvgIpc) is 1.36. The van der Waals surface area contributed by atoms with Crippen molar-refractivity contribution in [3.8, 4) is 0 Å². The Labute approximate surface area is 52.7 Å². The van der Waals surface area contributed by atoms with Crippen LogP contribution in [0.5, 0.6) is 0 Å². The van der Waals surface area contributed by atoms with Crippen molar-refractivity contribution in [2.45, 2.75) is 0 Å².